The molecule has 2 fully saturated rings. The van der Waals surface area contributed by atoms with Gasteiger partial charge in [-0.25, -0.2) is 9.89 Å². The molecule has 10 heteroatoms. The predicted octanol–water partition coefficient (Wildman–Crippen LogP) is 2.15. The normalized spacial score (nSPS) is 22.8. The van der Waals surface area contributed by atoms with Crippen molar-refractivity contribution in [2.45, 2.75) is 31.4 Å². The number of hydrogen-bond donors (Lipinski definition) is 3. The molecule has 1 aromatic carbocycles. The van der Waals surface area contributed by atoms with E-state index in [0.717, 1.165) is 5.69 Å². The SMILES string of the molecule is O=C(N[C@H]1C[C@H](C(=O)Nc2ccccc2)C1)O[C@@H]1CCN(c2cn[nH]c(=O)c2Cl)C1. The zero-order chi connectivity index (χ0) is 21.1. The Labute approximate surface area is 177 Å². The summed E-state index contributed by atoms with van der Waals surface area (Å²) in [5.74, 6) is -0.161. The maximum Gasteiger partial charge on any atom is 0.407 e. The quantitative estimate of drug-likeness (QED) is 0.667. The molecule has 3 N–H and O–H groups in total. The number of amides is 2. The number of ether oxygens (including phenoxy) is 1. The molecule has 0 radical (unpaired) electrons. The molecule has 1 aliphatic carbocycles. The first-order chi connectivity index (χ1) is 14.5. The summed E-state index contributed by atoms with van der Waals surface area (Å²) >= 11 is 6.03. The Hall–Kier alpha value is -3.07. The number of anilines is 2. The van der Waals surface area contributed by atoms with Crippen molar-refractivity contribution in [1.29, 1.82) is 0 Å². The highest BCUT2D eigenvalue weighted by Crippen LogP contribution is 2.29. The first-order valence-electron chi connectivity index (χ1n) is 9.81. The van der Waals surface area contributed by atoms with Crippen LogP contribution < -0.4 is 21.1 Å². The van der Waals surface area contributed by atoms with E-state index in [1.165, 1.54) is 6.20 Å². The van der Waals surface area contributed by atoms with E-state index in [-0.39, 0.29) is 29.0 Å². The van der Waals surface area contributed by atoms with Gasteiger partial charge in [-0.05, 0) is 25.0 Å². The Balaban J connectivity index is 1.19. The Morgan fingerprint density at radius 2 is 2.00 bits per heavy atom. The van der Waals surface area contributed by atoms with Crippen LogP contribution in [-0.2, 0) is 9.53 Å². The fraction of sp³-hybridized carbons (Fsp3) is 0.400. The second kappa shape index (κ2) is 8.74. The molecule has 2 amide bonds. The average Bonchev–Trinajstić information content (AvgIpc) is 3.15. The number of nitrogens with zero attached hydrogens (tertiary/aromatic N) is 2. The molecule has 9 nitrogen and oxygen atoms in total. The number of alkyl carbamates (subject to hydrolysis) is 1. The summed E-state index contributed by atoms with van der Waals surface area (Å²) in [6.07, 6.45) is 2.48. The highest BCUT2D eigenvalue weighted by molar-refractivity contribution is 6.33. The Bertz CT molecular complexity index is 977. The lowest BCUT2D eigenvalue weighted by Gasteiger charge is -2.34. The molecule has 30 heavy (non-hydrogen) atoms. The fourth-order valence-corrected chi connectivity index (χ4v) is 3.92. The predicted molar refractivity (Wildman–Crippen MR) is 112 cm³/mol. The second-order valence-electron chi connectivity index (χ2n) is 7.53. The van der Waals surface area contributed by atoms with Crippen LogP contribution in [0, 0.1) is 5.92 Å². The molecule has 2 aliphatic rings. The van der Waals surface area contributed by atoms with Crippen LogP contribution in [0.25, 0.3) is 0 Å². The van der Waals surface area contributed by atoms with Crippen LogP contribution in [0.15, 0.2) is 41.3 Å². The second-order valence-corrected chi connectivity index (χ2v) is 7.90. The van der Waals surface area contributed by atoms with Crippen LogP contribution >= 0.6 is 11.6 Å². The summed E-state index contributed by atoms with van der Waals surface area (Å²) in [5.41, 5.74) is 0.838. The zero-order valence-corrected chi connectivity index (χ0v) is 16.9. The van der Waals surface area contributed by atoms with E-state index in [0.29, 0.717) is 38.0 Å². The maximum atomic E-state index is 12.2. The molecular formula is C20H22ClN5O4. The third-order valence-electron chi connectivity index (χ3n) is 5.41. The van der Waals surface area contributed by atoms with E-state index < -0.39 is 11.7 Å². The van der Waals surface area contributed by atoms with Crippen LogP contribution in [0.2, 0.25) is 5.02 Å². The molecule has 4 rings (SSSR count). The smallest absolute Gasteiger partial charge is 0.407 e. The van der Waals surface area contributed by atoms with Crippen molar-refractivity contribution in [1.82, 2.24) is 15.5 Å². The largest absolute Gasteiger partial charge is 0.444 e. The molecular weight excluding hydrogens is 410 g/mol. The standard InChI is InChI=1S/C20H22ClN5O4/c21-17-16(10-22-25-19(17)28)26-7-6-15(11-26)30-20(29)24-14-8-12(9-14)18(27)23-13-4-2-1-3-5-13/h1-5,10,12,14-15H,6-9,11H2,(H,23,27)(H,24,29)(H,25,28)/t12-,14-,15-/m1/s1. The molecule has 0 unspecified atom stereocenters. The summed E-state index contributed by atoms with van der Waals surface area (Å²) in [7, 11) is 0. The van der Waals surface area contributed by atoms with Gasteiger partial charge in [-0.15, -0.1) is 0 Å². The van der Waals surface area contributed by atoms with Crippen molar-refractivity contribution < 1.29 is 14.3 Å². The van der Waals surface area contributed by atoms with E-state index in [4.69, 9.17) is 16.3 Å². The summed E-state index contributed by atoms with van der Waals surface area (Å²) in [6, 6.07) is 9.21. The monoisotopic (exact) mass is 431 g/mol. The average molecular weight is 432 g/mol. The van der Waals surface area contributed by atoms with Gasteiger partial charge in [0.25, 0.3) is 5.56 Å². The number of benzene rings is 1. The van der Waals surface area contributed by atoms with E-state index in [9.17, 15) is 14.4 Å². The van der Waals surface area contributed by atoms with Gasteiger partial charge in [0.2, 0.25) is 5.91 Å². The van der Waals surface area contributed by atoms with Crippen LogP contribution in [-0.4, -0.2) is 47.4 Å². The highest BCUT2D eigenvalue weighted by atomic mass is 35.5. The first-order valence-corrected chi connectivity index (χ1v) is 10.2. The van der Waals surface area contributed by atoms with Gasteiger partial charge in [-0.1, -0.05) is 29.8 Å². The maximum absolute atomic E-state index is 12.2. The van der Waals surface area contributed by atoms with Gasteiger partial charge in [0.1, 0.15) is 11.1 Å². The summed E-state index contributed by atoms with van der Waals surface area (Å²) in [4.78, 5) is 37.9. The van der Waals surface area contributed by atoms with Crippen LogP contribution in [0.1, 0.15) is 19.3 Å². The lowest BCUT2D eigenvalue weighted by molar-refractivity contribution is -0.122. The number of carbonyl (C=O) groups is 2. The Morgan fingerprint density at radius 3 is 2.77 bits per heavy atom. The number of H-pyrrole nitrogens is 1. The van der Waals surface area contributed by atoms with E-state index >= 15 is 0 Å². The number of para-hydroxylation sites is 1. The van der Waals surface area contributed by atoms with Crippen molar-refractivity contribution in [3.63, 3.8) is 0 Å². The van der Waals surface area contributed by atoms with E-state index in [1.54, 1.807) is 0 Å². The molecule has 2 heterocycles. The summed E-state index contributed by atoms with van der Waals surface area (Å²) in [6.45, 7) is 1.04. The van der Waals surface area contributed by atoms with Crippen molar-refractivity contribution in [3.8, 4) is 0 Å². The molecule has 1 aliphatic heterocycles. The summed E-state index contributed by atoms with van der Waals surface area (Å²) in [5, 5.41) is 11.8. The Kier molecular flexibility index (Phi) is 5.89. The van der Waals surface area contributed by atoms with Crippen LogP contribution in [0.5, 0.6) is 0 Å². The lowest BCUT2D eigenvalue weighted by atomic mass is 9.79. The number of rotatable bonds is 5. The van der Waals surface area contributed by atoms with Crippen LogP contribution in [0.3, 0.4) is 0 Å². The van der Waals surface area contributed by atoms with Crippen molar-refractivity contribution in [2.24, 2.45) is 5.92 Å². The third kappa shape index (κ3) is 4.56. The molecule has 1 saturated carbocycles. The van der Waals surface area contributed by atoms with Gasteiger partial charge in [0.15, 0.2) is 0 Å². The van der Waals surface area contributed by atoms with Crippen LogP contribution in [0.4, 0.5) is 16.2 Å². The van der Waals surface area contributed by atoms with Crippen molar-refractivity contribution >= 4 is 35.0 Å². The molecule has 1 saturated heterocycles. The number of nitrogens with one attached hydrogen (secondary N) is 3. The number of carbonyl (C=O) groups excluding carboxylic acids is 2. The molecule has 1 aromatic heterocycles. The third-order valence-corrected chi connectivity index (χ3v) is 5.77. The molecule has 1 atom stereocenters. The molecule has 0 spiro atoms. The molecule has 2 aromatic rings. The lowest BCUT2D eigenvalue weighted by Crippen LogP contribution is -2.48. The van der Waals surface area contributed by atoms with Gasteiger partial charge < -0.3 is 20.3 Å². The Morgan fingerprint density at radius 1 is 1.23 bits per heavy atom. The minimum Gasteiger partial charge on any atom is -0.444 e. The van der Waals surface area contributed by atoms with Gasteiger partial charge in [0.05, 0.1) is 18.4 Å². The number of aromatic nitrogens is 2. The number of hydrogen-bond acceptors (Lipinski definition) is 6. The van der Waals surface area contributed by atoms with E-state index in [2.05, 4.69) is 20.8 Å². The summed E-state index contributed by atoms with van der Waals surface area (Å²) < 4.78 is 5.49. The van der Waals surface area contributed by atoms with Gasteiger partial charge in [-0.2, -0.15) is 5.10 Å². The zero-order valence-electron chi connectivity index (χ0n) is 16.1. The van der Waals surface area contributed by atoms with Gasteiger partial charge in [0, 0.05) is 30.6 Å². The fourth-order valence-electron chi connectivity index (χ4n) is 3.71. The number of aromatic amines is 1. The van der Waals surface area contributed by atoms with Gasteiger partial charge >= 0.3 is 6.09 Å². The molecule has 0 bridgehead atoms. The minimum atomic E-state index is -0.496. The highest BCUT2D eigenvalue weighted by Gasteiger charge is 2.36. The van der Waals surface area contributed by atoms with E-state index in [1.807, 2.05) is 35.2 Å². The van der Waals surface area contributed by atoms with Crippen molar-refractivity contribution in [2.75, 3.05) is 23.3 Å². The topological polar surface area (TPSA) is 116 Å². The number of halogens is 1. The molecule has 158 valence electrons. The minimum absolute atomic E-state index is 0.0395. The first kappa shape index (κ1) is 20.2. The van der Waals surface area contributed by atoms with Crippen molar-refractivity contribution in [3.05, 3.63) is 51.9 Å². The van der Waals surface area contributed by atoms with Gasteiger partial charge in [-0.3, -0.25) is 9.59 Å².